The zero-order valence-corrected chi connectivity index (χ0v) is 9.58. The fraction of sp³-hybridized carbons (Fsp3) is 0.900. The van der Waals surface area contributed by atoms with Crippen molar-refractivity contribution in [3.63, 3.8) is 0 Å². The van der Waals surface area contributed by atoms with Crippen molar-refractivity contribution in [3.05, 3.63) is 0 Å². The second kappa shape index (κ2) is 4.37. The number of aliphatic imine (C=N–C) groups is 1. The Morgan fingerprint density at radius 3 is 2.33 bits per heavy atom. The van der Waals surface area contributed by atoms with E-state index in [4.69, 9.17) is 11.6 Å². The Balaban J connectivity index is 2.49. The van der Waals surface area contributed by atoms with E-state index in [-0.39, 0.29) is 5.96 Å². The minimum Gasteiger partial charge on any atom is -0.388 e. The number of rotatable bonds is 2. The lowest BCUT2D eigenvalue weighted by Gasteiger charge is -2.39. The van der Waals surface area contributed by atoms with Gasteiger partial charge in [-0.2, -0.15) is 0 Å². The van der Waals surface area contributed by atoms with Crippen LogP contribution in [0.15, 0.2) is 4.99 Å². The van der Waals surface area contributed by atoms with Crippen LogP contribution < -0.4 is 17.0 Å². The van der Waals surface area contributed by atoms with Crippen LogP contribution in [0.4, 0.5) is 0 Å². The molecule has 0 spiro atoms. The Hall–Kier alpha value is -0.810. The molecule has 0 bridgehead atoms. The number of nitrogens with two attached hydrogens (primary N) is 2. The molecule has 0 saturated heterocycles. The van der Waals surface area contributed by atoms with Crippen molar-refractivity contribution in [1.29, 1.82) is 0 Å². The number of aliphatic hydroxyl groups is 1. The van der Waals surface area contributed by atoms with Gasteiger partial charge in [0.25, 0.3) is 0 Å². The van der Waals surface area contributed by atoms with Gasteiger partial charge in [-0.25, -0.2) is 10.8 Å². The molecule has 1 saturated carbocycles. The Morgan fingerprint density at radius 1 is 1.33 bits per heavy atom. The summed E-state index contributed by atoms with van der Waals surface area (Å²) < 4.78 is 0. The van der Waals surface area contributed by atoms with Crippen molar-refractivity contribution in [1.82, 2.24) is 5.43 Å². The van der Waals surface area contributed by atoms with Gasteiger partial charge in [0, 0.05) is 0 Å². The highest BCUT2D eigenvalue weighted by Crippen LogP contribution is 2.40. The Labute approximate surface area is 90.9 Å². The molecule has 0 unspecified atom stereocenters. The van der Waals surface area contributed by atoms with E-state index >= 15 is 0 Å². The van der Waals surface area contributed by atoms with Crippen LogP contribution in [0.3, 0.4) is 0 Å². The molecule has 1 rings (SSSR count). The zero-order chi connectivity index (χ0) is 11.5. The summed E-state index contributed by atoms with van der Waals surface area (Å²) in [7, 11) is 0. The van der Waals surface area contributed by atoms with E-state index in [2.05, 4.69) is 24.3 Å². The highest BCUT2D eigenvalue weighted by atomic mass is 16.3. The molecule has 88 valence electrons. The molecule has 0 heterocycles. The van der Waals surface area contributed by atoms with Gasteiger partial charge >= 0.3 is 0 Å². The van der Waals surface area contributed by atoms with Gasteiger partial charge in [0.2, 0.25) is 5.96 Å². The predicted molar refractivity (Wildman–Crippen MR) is 61.0 cm³/mol. The second-order valence-corrected chi connectivity index (χ2v) is 5.23. The number of nitrogens with one attached hydrogen (secondary N) is 1. The molecular formula is C10H22N4O. The topological polar surface area (TPSA) is 96.7 Å². The maximum atomic E-state index is 10.2. The van der Waals surface area contributed by atoms with Gasteiger partial charge in [0.1, 0.15) is 0 Å². The number of hydrogen-bond donors (Lipinski definition) is 4. The van der Waals surface area contributed by atoms with Gasteiger partial charge < -0.3 is 10.8 Å². The van der Waals surface area contributed by atoms with Gasteiger partial charge in [-0.15, -0.1) is 0 Å². The van der Waals surface area contributed by atoms with Crippen LogP contribution in [0.5, 0.6) is 0 Å². The smallest absolute Gasteiger partial charge is 0.203 e. The summed E-state index contributed by atoms with van der Waals surface area (Å²) >= 11 is 0. The predicted octanol–water partition coefficient (Wildman–Crippen LogP) is 0.0957. The average Bonchev–Trinajstić information content (AvgIpc) is 2.20. The quantitative estimate of drug-likeness (QED) is 0.227. The summed E-state index contributed by atoms with van der Waals surface area (Å²) in [5, 5.41) is 10.2. The van der Waals surface area contributed by atoms with Gasteiger partial charge in [-0.3, -0.25) is 5.43 Å². The van der Waals surface area contributed by atoms with Gasteiger partial charge in [-0.05, 0) is 31.1 Å². The lowest BCUT2D eigenvalue weighted by Crippen LogP contribution is -2.42. The fourth-order valence-electron chi connectivity index (χ4n) is 1.83. The maximum absolute atomic E-state index is 10.2. The molecule has 0 amide bonds. The Morgan fingerprint density at radius 2 is 1.87 bits per heavy atom. The number of nitrogens with zero attached hydrogens (tertiary/aromatic N) is 1. The first kappa shape index (κ1) is 12.3. The van der Waals surface area contributed by atoms with E-state index in [1.807, 2.05) is 0 Å². The largest absolute Gasteiger partial charge is 0.388 e. The first-order valence-electron chi connectivity index (χ1n) is 5.36. The molecule has 0 aromatic rings. The minimum absolute atomic E-state index is 0.174. The van der Waals surface area contributed by atoms with Gasteiger partial charge in [0.15, 0.2) is 0 Å². The summed E-state index contributed by atoms with van der Waals surface area (Å²) in [6.45, 7) is 4.79. The third kappa shape index (κ3) is 3.68. The molecular weight excluding hydrogens is 192 g/mol. The van der Waals surface area contributed by atoms with E-state index < -0.39 is 5.60 Å². The van der Waals surface area contributed by atoms with E-state index in [1.165, 1.54) is 0 Å². The van der Waals surface area contributed by atoms with Gasteiger partial charge in [0.05, 0.1) is 12.1 Å². The van der Waals surface area contributed by atoms with Crippen molar-refractivity contribution < 1.29 is 5.11 Å². The minimum atomic E-state index is -0.697. The van der Waals surface area contributed by atoms with E-state index in [0.717, 1.165) is 25.7 Å². The summed E-state index contributed by atoms with van der Waals surface area (Å²) in [6, 6.07) is 0. The van der Waals surface area contributed by atoms with Crippen LogP contribution in [0.1, 0.15) is 39.5 Å². The molecule has 0 radical (unpaired) electrons. The highest BCUT2D eigenvalue weighted by Gasteiger charge is 2.36. The second-order valence-electron chi connectivity index (χ2n) is 5.23. The normalized spacial score (nSPS) is 24.9. The Kier molecular flexibility index (Phi) is 3.57. The fourth-order valence-corrected chi connectivity index (χ4v) is 1.83. The third-order valence-corrected chi connectivity index (χ3v) is 3.23. The van der Waals surface area contributed by atoms with Crippen LogP contribution in [0, 0.1) is 5.41 Å². The summed E-state index contributed by atoms with van der Waals surface area (Å²) in [5.74, 6) is 5.26. The summed E-state index contributed by atoms with van der Waals surface area (Å²) in [5.41, 5.74) is 7.30. The maximum Gasteiger partial charge on any atom is 0.203 e. The molecule has 1 aliphatic rings. The number of hydrogen-bond acceptors (Lipinski definition) is 3. The van der Waals surface area contributed by atoms with E-state index in [9.17, 15) is 5.11 Å². The monoisotopic (exact) mass is 214 g/mol. The molecule has 5 nitrogen and oxygen atoms in total. The van der Waals surface area contributed by atoms with Crippen LogP contribution >= 0.6 is 0 Å². The molecule has 15 heavy (non-hydrogen) atoms. The molecule has 0 aromatic carbocycles. The van der Waals surface area contributed by atoms with Crippen molar-refractivity contribution in [2.24, 2.45) is 22.0 Å². The summed E-state index contributed by atoms with van der Waals surface area (Å²) in [4.78, 5) is 3.99. The number of hydrazine groups is 1. The zero-order valence-electron chi connectivity index (χ0n) is 9.58. The lowest BCUT2D eigenvalue weighted by molar-refractivity contribution is -0.0174. The molecule has 1 aliphatic carbocycles. The first-order chi connectivity index (χ1) is 6.87. The molecule has 0 aliphatic heterocycles. The van der Waals surface area contributed by atoms with Crippen LogP contribution in [0.25, 0.3) is 0 Å². The van der Waals surface area contributed by atoms with E-state index in [1.54, 1.807) is 0 Å². The van der Waals surface area contributed by atoms with Crippen molar-refractivity contribution in [2.75, 3.05) is 6.54 Å². The standard InChI is InChI=1S/C10H22N4O/c1-9(2)3-5-10(15,6-4-9)7-13-8(11)14-12/h15H,3-7,12H2,1-2H3,(H3,11,13,14). The highest BCUT2D eigenvalue weighted by molar-refractivity contribution is 5.77. The summed E-state index contributed by atoms with van der Waals surface area (Å²) in [6.07, 6.45) is 3.60. The van der Waals surface area contributed by atoms with Crippen molar-refractivity contribution in [3.8, 4) is 0 Å². The van der Waals surface area contributed by atoms with Crippen molar-refractivity contribution in [2.45, 2.75) is 45.1 Å². The van der Waals surface area contributed by atoms with Crippen molar-refractivity contribution >= 4 is 5.96 Å². The molecule has 1 fully saturated rings. The molecule has 6 N–H and O–H groups in total. The lowest BCUT2D eigenvalue weighted by atomic mass is 9.71. The Bertz CT molecular complexity index is 240. The third-order valence-electron chi connectivity index (χ3n) is 3.23. The molecule has 0 aromatic heterocycles. The average molecular weight is 214 g/mol. The van der Waals surface area contributed by atoms with Crippen LogP contribution in [-0.2, 0) is 0 Å². The molecule has 5 heteroatoms. The van der Waals surface area contributed by atoms with Crippen LogP contribution in [0.2, 0.25) is 0 Å². The van der Waals surface area contributed by atoms with Crippen LogP contribution in [-0.4, -0.2) is 23.2 Å². The number of guanidine groups is 1. The molecule has 0 atom stereocenters. The SMILES string of the molecule is CC1(C)CCC(O)(CN=C(N)NN)CC1. The van der Waals surface area contributed by atoms with Gasteiger partial charge in [-0.1, -0.05) is 13.8 Å². The van der Waals surface area contributed by atoms with E-state index in [0.29, 0.717) is 12.0 Å². The first-order valence-corrected chi connectivity index (χ1v) is 5.36.